The standard InChI is InChI=1S/C16H15ClN2O2S2/c1-21-9-8-19-12-4-2-3-5-13(12)23-16(19)18-15(20)10-11-6-7-14(17)22-11/h2-7H,8-10H2,1H3. The Morgan fingerprint density at radius 3 is 2.83 bits per heavy atom. The Labute approximate surface area is 146 Å². The molecule has 3 rings (SSSR count). The van der Waals surface area contributed by atoms with Crippen molar-refractivity contribution in [2.24, 2.45) is 4.99 Å². The van der Waals surface area contributed by atoms with Crippen molar-refractivity contribution in [2.75, 3.05) is 13.7 Å². The number of carbonyl (C=O) groups excluding carboxylic acids is 1. The lowest BCUT2D eigenvalue weighted by molar-refractivity contribution is -0.117. The van der Waals surface area contributed by atoms with Crippen LogP contribution in [0.25, 0.3) is 10.2 Å². The van der Waals surface area contributed by atoms with Crippen LogP contribution in [-0.4, -0.2) is 24.2 Å². The molecule has 0 radical (unpaired) electrons. The summed E-state index contributed by atoms with van der Waals surface area (Å²) in [7, 11) is 1.66. The number of aromatic nitrogens is 1. The van der Waals surface area contributed by atoms with Crippen LogP contribution in [0.2, 0.25) is 4.34 Å². The second-order valence-electron chi connectivity index (χ2n) is 4.88. The largest absolute Gasteiger partial charge is 0.383 e. The number of para-hydroxylation sites is 1. The number of methoxy groups -OCH3 is 1. The van der Waals surface area contributed by atoms with E-state index in [0.29, 0.717) is 22.3 Å². The molecule has 0 N–H and O–H groups in total. The smallest absolute Gasteiger partial charge is 0.253 e. The molecule has 7 heteroatoms. The molecule has 0 bridgehead atoms. The molecule has 2 aromatic heterocycles. The second kappa shape index (κ2) is 7.40. The van der Waals surface area contributed by atoms with Gasteiger partial charge in [0, 0.05) is 18.5 Å². The Bertz CT molecular complexity index is 895. The van der Waals surface area contributed by atoms with E-state index in [1.54, 1.807) is 13.2 Å². The van der Waals surface area contributed by atoms with Gasteiger partial charge in [0.1, 0.15) is 0 Å². The third kappa shape index (κ3) is 3.90. The summed E-state index contributed by atoms with van der Waals surface area (Å²) in [5.74, 6) is -0.166. The van der Waals surface area contributed by atoms with Crippen molar-refractivity contribution >= 4 is 50.4 Å². The highest BCUT2D eigenvalue weighted by Crippen LogP contribution is 2.22. The third-order valence-electron chi connectivity index (χ3n) is 3.28. The van der Waals surface area contributed by atoms with Crippen molar-refractivity contribution in [1.29, 1.82) is 0 Å². The van der Waals surface area contributed by atoms with Gasteiger partial charge in [-0.05, 0) is 24.3 Å². The number of hydrogen-bond donors (Lipinski definition) is 0. The van der Waals surface area contributed by atoms with Crippen LogP contribution in [0.15, 0.2) is 41.4 Å². The number of thiazole rings is 1. The quantitative estimate of drug-likeness (QED) is 0.690. The lowest BCUT2D eigenvalue weighted by Gasteiger charge is -2.03. The molecule has 2 heterocycles. The minimum absolute atomic E-state index is 0.166. The first kappa shape index (κ1) is 16.4. The SMILES string of the molecule is COCCn1c(=NC(=O)Cc2ccc(Cl)s2)sc2ccccc21. The summed E-state index contributed by atoms with van der Waals surface area (Å²) in [5.41, 5.74) is 1.07. The molecule has 23 heavy (non-hydrogen) atoms. The van der Waals surface area contributed by atoms with Crippen molar-refractivity contribution in [1.82, 2.24) is 4.57 Å². The van der Waals surface area contributed by atoms with Crippen LogP contribution in [0.3, 0.4) is 0 Å². The van der Waals surface area contributed by atoms with E-state index < -0.39 is 0 Å². The number of fused-ring (bicyclic) bond motifs is 1. The molecular formula is C16H15ClN2O2S2. The number of hydrogen-bond acceptors (Lipinski definition) is 4. The first-order chi connectivity index (χ1) is 11.2. The fourth-order valence-corrected chi connectivity index (χ4v) is 4.40. The predicted molar refractivity (Wildman–Crippen MR) is 95.3 cm³/mol. The summed E-state index contributed by atoms with van der Waals surface area (Å²) < 4.78 is 8.99. The van der Waals surface area contributed by atoms with Gasteiger partial charge < -0.3 is 9.30 Å². The number of thiophene rings is 1. The van der Waals surface area contributed by atoms with Gasteiger partial charge in [0.05, 0.1) is 27.6 Å². The van der Waals surface area contributed by atoms with Crippen LogP contribution in [0, 0.1) is 0 Å². The molecule has 1 aromatic carbocycles. The molecule has 0 aliphatic heterocycles. The molecule has 0 aliphatic carbocycles. The van der Waals surface area contributed by atoms with Crippen LogP contribution in [0.4, 0.5) is 0 Å². The van der Waals surface area contributed by atoms with Gasteiger partial charge in [0.2, 0.25) is 0 Å². The summed E-state index contributed by atoms with van der Waals surface area (Å²) in [6.07, 6.45) is 0.274. The Morgan fingerprint density at radius 2 is 2.09 bits per heavy atom. The first-order valence-electron chi connectivity index (χ1n) is 7.06. The Hall–Kier alpha value is -1.47. The van der Waals surface area contributed by atoms with E-state index in [9.17, 15) is 4.79 Å². The molecule has 3 aromatic rings. The van der Waals surface area contributed by atoms with E-state index in [0.717, 1.165) is 15.1 Å². The van der Waals surface area contributed by atoms with Gasteiger partial charge in [-0.25, -0.2) is 0 Å². The highest BCUT2D eigenvalue weighted by atomic mass is 35.5. The van der Waals surface area contributed by atoms with Crippen LogP contribution < -0.4 is 4.80 Å². The average Bonchev–Trinajstić information content (AvgIpc) is 3.08. The van der Waals surface area contributed by atoms with Crippen LogP contribution in [-0.2, 0) is 22.5 Å². The zero-order valence-electron chi connectivity index (χ0n) is 12.5. The van der Waals surface area contributed by atoms with Crippen molar-refractivity contribution in [3.63, 3.8) is 0 Å². The van der Waals surface area contributed by atoms with E-state index >= 15 is 0 Å². The predicted octanol–water partition coefficient (Wildman–Crippen LogP) is 3.73. The van der Waals surface area contributed by atoms with Crippen LogP contribution >= 0.6 is 34.3 Å². The molecule has 120 valence electrons. The van der Waals surface area contributed by atoms with Gasteiger partial charge in [-0.2, -0.15) is 4.99 Å². The molecule has 0 unspecified atom stereocenters. The number of ether oxygens (including phenoxy) is 1. The number of amides is 1. The number of nitrogens with zero attached hydrogens (tertiary/aromatic N) is 2. The van der Waals surface area contributed by atoms with E-state index in [1.165, 1.54) is 22.7 Å². The van der Waals surface area contributed by atoms with Crippen LogP contribution in [0.5, 0.6) is 0 Å². The van der Waals surface area contributed by atoms with Crippen molar-refractivity contribution in [3.05, 3.63) is 50.4 Å². The van der Waals surface area contributed by atoms with E-state index in [1.807, 2.05) is 34.9 Å². The van der Waals surface area contributed by atoms with Gasteiger partial charge in [0.15, 0.2) is 4.80 Å². The minimum atomic E-state index is -0.166. The van der Waals surface area contributed by atoms with Gasteiger partial charge in [-0.15, -0.1) is 11.3 Å². The molecule has 0 atom stereocenters. The van der Waals surface area contributed by atoms with Crippen molar-refractivity contribution in [2.45, 2.75) is 13.0 Å². The van der Waals surface area contributed by atoms with Gasteiger partial charge in [-0.3, -0.25) is 4.79 Å². The Kier molecular flexibility index (Phi) is 5.27. The zero-order valence-corrected chi connectivity index (χ0v) is 14.9. The zero-order chi connectivity index (χ0) is 16.2. The lowest BCUT2D eigenvalue weighted by Crippen LogP contribution is -2.19. The second-order valence-corrected chi connectivity index (χ2v) is 7.69. The highest BCUT2D eigenvalue weighted by Gasteiger charge is 2.09. The number of benzene rings is 1. The van der Waals surface area contributed by atoms with Crippen LogP contribution in [0.1, 0.15) is 4.88 Å². The van der Waals surface area contributed by atoms with E-state index in [2.05, 4.69) is 4.99 Å². The molecule has 4 nitrogen and oxygen atoms in total. The molecule has 0 aliphatic rings. The lowest BCUT2D eigenvalue weighted by atomic mass is 10.3. The highest BCUT2D eigenvalue weighted by molar-refractivity contribution is 7.16. The van der Waals surface area contributed by atoms with Gasteiger partial charge >= 0.3 is 0 Å². The molecule has 0 spiro atoms. The maximum atomic E-state index is 12.3. The topological polar surface area (TPSA) is 43.6 Å². The fraction of sp³-hybridized carbons (Fsp3) is 0.250. The monoisotopic (exact) mass is 366 g/mol. The average molecular weight is 367 g/mol. The third-order valence-corrected chi connectivity index (χ3v) is 5.57. The first-order valence-corrected chi connectivity index (χ1v) is 9.07. The number of halogens is 1. The maximum absolute atomic E-state index is 12.3. The fourth-order valence-electron chi connectivity index (χ4n) is 2.25. The van der Waals surface area contributed by atoms with E-state index in [-0.39, 0.29) is 12.3 Å². The maximum Gasteiger partial charge on any atom is 0.253 e. The Balaban J connectivity index is 1.95. The van der Waals surface area contributed by atoms with Gasteiger partial charge in [-0.1, -0.05) is 35.1 Å². The molecule has 0 saturated heterocycles. The molecule has 1 amide bonds. The molecule has 0 saturated carbocycles. The van der Waals surface area contributed by atoms with Crippen molar-refractivity contribution < 1.29 is 9.53 Å². The summed E-state index contributed by atoms with van der Waals surface area (Å²) in [4.78, 5) is 18.2. The van der Waals surface area contributed by atoms with Gasteiger partial charge in [0.25, 0.3) is 5.91 Å². The summed E-state index contributed by atoms with van der Waals surface area (Å²) in [6, 6.07) is 11.7. The summed E-state index contributed by atoms with van der Waals surface area (Å²) in [5, 5.41) is 0. The molecule has 0 fully saturated rings. The van der Waals surface area contributed by atoms with Crippen molar-refractivity contribution in [3.8, 4) is 0 Å². The van der Waals surface area contributed by atoms with E-state index in [4.69, 9.17) is 16.3 Å². The number of carbonyl (C=O) groups is 1. The normalized spacial score (nSPS) is 12.2. The number of rotatable bonds is 5. The molecular weight excluding hydrogens is 352 g/mol. The summed E-state index contributed by atoms with van der Waals surface area (Å²) in [6.45, 7) is 1.24. The summed E-state index contributed by atoms with van der Waals surface area (Å²) >= 11 is 8.83. The minimum Gasteiger partial charge on any atom is -0.383 e. The Morgan fingerprint density at radius 1 is 1.26 bits per heavy atom.